The molecule has 106 valence electrons. The quantitative estimate of drug-likeness (QED) is 0.807. The molecule has 1 aromatic rings. The first-order valence-corrected chi connectivity index (χ1v) is 7.88. The van der Waals surface area contributed by atoms with Crippen molar-refractivity contribution in [2.75, 3.05) is 18.0 Å². The summed E-state index contributed by atoms with van der Waals surface area (Å²) in [7, 11) is 0. The number of hydrogen-bond donors (Lipinski definition) is 1. The number of rotatable bonds is 7. The Morgan fingerprint density at radius 3 is 2.47 bits per heavy atom. The van der Waals surface area contributed by atoms with Gasteiger partial charge in [0.25, 0.3) is 0 Å². The normalized spacial score (nSPS) is 17.6. The van der Waals surface area contributed by atoms with E-state index in [0.29, 0.717) is 6.04 Å². The summed E-state index contributed by atoms with van der Waals surface area (Å²) >= 11 is 0. The van der Waals surface area contributed by atoms with Gasteiger partial charge in [0.15, 0.2) is 0 Å². The van der Waals surface area contributed by atoms with Gasteiger partial charge < -0.3 is 10.6 Å². The summed E-state index contributed by atoms with van der Waals surface area (Å²) in [4.78, 5) is 2.57. The van der Waals surface area contributed by atoms with E-state index in [0.717, 1.165) is 19.0 Å². The molecule has 2 heteroatoms. The number of anilines is 1. The highest BCUT2D eigenvalue weighted by molar-refractivity contribution is 5.47. The van der Waals surface area contributed by atoms with E-state index in [9.17, 15) is 0 Å². The van der Waals surface area contributed by atoms with Crippen LogP contribution in [0.2, 0.25) is 0 Å². The van der Waals surface area contributed by atoms with Gasteiger partial charge in [0, 0.05) is 24.8 Å². The number of benzene rings is 1. The highest BCUT2D eigenvalue weighted by Crippen LogP contribution is 2.32. The zero-order valence-electron chi connectivity index (χ0n) is 12.2. The van der Waals surface area contributed by atoms with E-state index in [-0.39, 0.29) is 0 Å². The van der Waals surface area contributed by atoms with Crippen molar-refractivity contribution in [1.82, 2.24) is 0 Å². The molecular weight excluding hydrogens is 232 g/mol. The van der Waals surface area contributed by atoms with Crippen LogP contribution < -0.4 is 10.6 Å². The second-order valence-corrected chi connectivity index (χ2v) is 5.73. The van der Waals surface area contributed by atoms with E-state index in [2.05, 4.69) is 42.2 Å². The van der Waals surface area contributed by atoms with E-state index in [1.54, 1.807) is 0 Å². The van der Waals surface area contributed by atoms with Crippen LogP contribution in [0, 0.1) is 5.92 Å². The van der Waals surface area contributed by atoms with Crippen molar-refractivity contribution >= 4 is 5.69 Å². The molecule has 0 aliphatic heterocycles. The third-order valence-corrected chi connectivity index (χ3v) is 4.43. The molecule has 1 aliphatic carbocycles. The molecule has 0 aromatic heterocycles. The van der Waals surface area contributed by atoms with E-state index >= 15 is 0 Å². The minimum absolute atomic E-state index is 0.524. The van der Waals surface area contributed by atoms with Crippen molar-refractivity contribution < 1.29 is 0 Å². The van der Waals surface area contributed by atoms with Crippen molar-refractivity contribution in [1.29, 1.82) is 0 Å². The zero-order valence-corrected chi connectivity index (χ0v) is 12.2. The number of hydrogen-bond acceptors (Lipinski definition) is 2. The second kappa shape index (κ2) is 7.54. The Bertz CT molecular complexity index is 344. The topological polar surface area (TPSA) is 29.3 Å². The van der Waals surface area contributed by atoms with Crippen LogP contribution in [-0.2, 0) is 0 Å². The number of para-hydroxylation sites is 1. The van der Waals surface area contributed by atoms with Crippen molar-refractivity contribution in [2.45, 2.75) is 51.5 Å². The lowest BCUT2D eigenvalue weighted by atomic mass is 9.95. The minimum Gasteiger partial charge on any atom is -0.367 e. The van der Waals surface area contributed by atoms with Crippen LogP contribution in [0.1, 0.15) is 45.4 Å². The molecule has 1 aliphatic rings. The molecule has 0 heterocycles. The summed E-state index contributed by atoms with van der Waals surface area (Å²) in [6, 6.07) is 11.3. The molecule has 0 amide bonds. The summed E-state index contributed by atoms with van der Waals surface area (Å²) in [5, 5.41) is 0. The fourth-order valence-corrected chi connectivity index (χ4v) is 3.35. The molecule has 19 heavy (non-hydrogen) atoms. The van der Waals surface area contributed by atoms with Crippen LogP contribution in [-0.4, -0.2) is 19.1 Å². The van der Waals surface area contributed by atoms with Gasteiger partial charge in [0.1, 0.15) is 0 Å². The van der Waals surface area contributed by atoms with Crippen LogP contribution in [0.15, 0.2) is 30.3 Å². The van der Waals surface area contributed by atoms with E-state index in [4.69, 9.17) is 5.73 Å². The van der Waals surface area contributed by atoms with Gasteiger partial charge in [-0.25, -0.2) is 0 Å². The van der Waals surface area contributed by atoms with Crippen LogP contribution in [0.4, 0.5) is 5.69 Å². The fraction of sp³-hybridized carbons (Fsp3) is 0.647. The number of unbranched alkanes of at least 4 members (excludes halogenated alkanes) is 1. The number of nitrogens with two attached hydrogens (primary N) is 1. The molecule has 2 rings (SSSR count). The molecule has 1 fully saturated rings. The molecule has 0 saturated heterocycles. The van der Waals surface area contributed by atoms with Crippen LogP contribution in [0.3, 0.4) is 0 Å². The van der Waals surface area contributed by atoms with E-state index in [1.165, 1.54) is 44.2 Å². The van der Waals surface area contributed by atoms with Gasteiger partial charge in [-0.15, -0.1) is 0 Å². The Morgan fingerprint density at radius 2 is 1.89 bits per heavy atom. The Labute approximate surface area is 118 Å². The molecule has 2 nitrogen and oxygen atoms in total. The predicted octanol–water partition coefficient (Wildman–Crippen LogP) is 3.81. The smallest absolute Gasteiger partial charge is 0.0440 e. The maximum absolute atomic E-state index is 6.12. The van der Waals surface area contributed by atoms with Gasteiger partial charge in [0.2, 0.25) is 0 Å². The Morgan fingerprint density at radius 1 is 1.21 bits per heavy atom. The SMILES string of the molecule is CCCCN(c1ccccc1)C(CN)C1CCCC1. The Balaban J connectivity index is 2.14. The van der Waals surface area contributed by atoms with Gasteiger partial charge in [0.05, 0.1) is 0 Å². The van der Waals surface area contributed by atoms with E-state index in [1.807, 2.05) is 0 Å². The number of nitrogens with zero attached hydrogens (tertiary/aromatic N) is 1. The van der Waals surface area contributed by atoms with Crippen molar-refractivity contribution in [3.63, 3.8) is 0 Å². The van der Waals surface area contributed by atoms with Gasteiger partial charge in [-0.2, -0.15) is 0 Å². The molecule has 0 radical (unpaired) electrons. The third-order valence-electron chi connectivity index (χ3n) is 4.43. The zero-order chi connectivity index (χ0) is 13.5. The first kappa shape index (κ1) is 14.4. The lowest BCUT2D eigenvalue weighted by Gasteiger charge is -2.37. The second-order valence-electron chi connectivity index (χ2n) is 5.73. The average Bonchev–Trinajstić information content (AvgIpc) is 2.98. The lowest BCUT2D eigenvalue weighted by Crippen LogP contribution is -2.45. The van der Waals surface area contributed by atoms with Gasteiger partial charge in [-0.3, -0.25) is 0 Å². The molecule has 1 unspecified atom stereocenters. The molecule has 1 aromatic carbocycles. The molecule has 1 saturated carbocycles. The fourth-order valence-electron chi connectivity index (χ4n) is 3.35. The molecule has 2 N–H and O–H groups in total. The summed E-state index contributed by atoms with van der Waals surface area (Å²) < 4.78 is 0. The third kappa shape index (κ3) is 3.73. The van der Waals surface area contributed by atoms with Gasteiger partial charge in [-0.05, 0) is 37.3 Å². The highest BCUT2D eigenvalue weighted by Gasteiger charge is 2.28. The molecule has 0 spiro atoms. The summed E-state index contributed by atoms with van der Waals surface area (Å²) in [5.41, 5.74) is 7.47. The predicted molar refractivity (Wildman–Crippen MR) is 83.5 cm³/mol. The molecule has 1 atom stereocenters. The lowest BCUT2D eigenvalue weighted by molar-refractivity contribution is 0.406. The maximum Gasteiger partial charge on any atom is 0.0440 e. The van der Waals surface area contributed by atoms with E-state index < -0.39 is 0 Å². The largest absolute Gasteiger partial charge is 0.367 e. The van der Waals surface area contributed by atoms with Crippen molar-refractivity contribution in [2.24, 2.45) is 11.7 Å². The highest BCUT2D eigenvalue weighted by atomic mass is 15.2. The summed E-state index contributed by atoms with van der Waals surface area (Å²) in [5.74, 6) is 0.794. The summed E-state index contributed by atoms with van der Waals surface area (Å²) in [6.45, 7) is 4.18. The Hall–Kier alpha value is -1.02. The van der Waals surface area contributed by atoms with Crippen LogP contribution >= 0.6 is 0 Å². The van der Waals surface area contributed by atoms with Crippen LogP contribution in [0.25, 0.3) is 0 Å². The Kier molecular flexibility index (Phi) is 5.71. The summed E-state index contributed by atoms with van der Waals surface area (Å²) in [6.07, 6.45) is 7.98. The van der Waals surface area contributed by atoms with Crippen molar-refractivity contribution in [3.05, 3.63) is 30.3 Å². The van der Waals surface area contributed by atoms with Crippen molar-refractivity contribution in [3.8, 4) is 0 Å². The first-order chi connectivity index (χ1) is 9.36. The standard InChI is InChI=1S/C17H28N2/c1-2-3-13-19(16-11-5-4-6-12-16)17(14-18)15-9-7-8-10-15/h4-6,11-12,15,17H,2-3,7-10,13-14,18H2,1H3. The first-order valence-electron chi connectivity index (χ1n) is 7.88. The van der Waals surface area contributed by atoms with Crippen LogP contribution in [0.5, 0.6) is 0 Å². The van der Waals surface area contributed by atoms with Gasteiger partial charge in [-0.1, -0.05) is 44.4 Å². The van der Waals surface area contributed by atoms with Gasteiger partial charge >= 0.3 is 0 Å². The maximum atomic E-state index is 6.12. The average molecular weight is 260 g/mol. The molecule has 0 bridgehead atoms. The monoisotopic (exact) mass is 260 g/mol. The molecular formula is C17H28N2. The minimum atomic E-state index is 0.524.